The second kappa shape index (κ2) is 31.1. The van der Waals surface area contributed by atoms with Crippen LogP contribution in [0.4, 0.5) is 0 Å². The van der Waals surface area contributed by atoms with Crippen LogP contribution in [0, 0.1) is 0 Å². The number of fused-ring (bicyclic) bond motifs is 10. The highest BCUT2D eigenvalue weighted by Crippen LogP contribution is 2.45. The molecule has 1 aliphatic rings. The Kier molecular flexibility index (Phi) is 19.5. The summed E-state index contributed by atoms with van der Waals surface area (Å²) in [6.45, 7) is 8.30. The summed E-state index contributed by atoms with van der Waals surface area (Å²) < 4.78 is 17.3. The zero-order valence-corrected chi connectivity index (χ0v) is 65.9. The maximum atomic E-state index is 6.33. The van der Waals surface area contributed by atoms with Crippen LogP contribution in [0.15, 0.2) is 352 Å². The number of benzene rings is 12. The number of thiophene rings is 2. The summed E-state index contributed by atoms with van der Waals surface area (Å²) in [7, 11) is -0.425. The predicted molar refractivity (Wildman–Crippen MR) is 479 cm³/mol. The van der Waals surface area contributed by atoms with Gasteiger partial charge in [0, 0.05) is 82.3 Å². The molecule has 0 radical (unpaired) electrons. The van der Waals surface area contributed by atoms with E-state index in [9.17, 15) is 0 Å². The van der Waals surface area contributed by atoms with E-state index in [-0.39, 0.29) is 0 Å². The number of pyridine rings is 4. The van der Waals surface area contributed by atoms with E-state index in [0.29, 0.717) is 40.1 Å². The van der Waals surface area contributed by atoms with Gasteiger partial charge in [-0.2, -0.15) is 0 Å². The summed E-state index contributed by atoms with van der Waals surface area (Å²) in [5.41, 5.74) is 20.3. The van der Waals surface area contributed by atoms with E-state index in [1.807, 2.05) is 121 Å². The summed E-state index contributed by atoms with van der Waals surface area (Å²) in [4.78, 5) is 48.7. The maximum absolute atomic E-state index is 6.33. The zero-order chi connectivity index (χ0) is 78.3. The van der Waals surface area contributed by atoms with Gasteiger partial charge in [-0.05, 0) is 132 Å². The van der Waals surface area contributed by atoms with Crippen LogP contribution in [0.3, 0.4) is 0 Å². The molecule has 116 heavy (non-hydrogen) atoms. The van der Waals surface area contributed by atoms with Crippen molar-refractivity contribution in [2.45, 2.75) is 38.9 Å². The fourth-order valence-corrected chi connectivity index (χ4v) is 17.3. The van der Waals surface area contributed by atoms with Crippen LogP contribution in [0.2, 0.25) is 5.15 Å². The van der Waals surface area contributed by atoms with Crippen molar-refractivity contribution in [1.82, 2.24) is 49.8 Å². The molecule has 0 amide bonds. The van der Waals surface area contributed by atoms with Gasteiger partial charge in [-0.25, -0.2) is 39.9 Å². The fourth-order valence-electron chi connectivity index (χ4n) is 14.7. The normalized spacial score (nSPS) is 12.9. The number of halogens is 1. The van der Waals surface area contributed by atoms with Gasteiger partial charge in [0.1, 0.15) is 5.15 Å². The molecule has 20 aromatic rings. The van der Waals surface area contributed by atoms with Crippen molar-refractivity contribution < 1.29 is 9.31 Å². The van der Waals surface area contributed by atoms with Crippen molar-refractivity contribution in [3.8, 4) is 124 Å². The Hall–Kier alpha value is -13.5. The lowest BCUT2D eigenvalue weighted by molar-refractivity contribution is 0.00578. The van der Waals surface area contributed by atoms with Crippen LogP contribution in [-0.4, -0.2) is 68.2 Å². The number of hydrogen-bond acceptors (Lipinski definition) is 14. The second-order valence-corrected chi connectivity index (χ2v) is 31.9. The molecule has 9 heterocycles. The Morgan fingerprint density at radius 1 is 0.276 bits per heavy atom. The summed E-state index contributed by atoms with van der Waals surface area (Å²) in [6.07, 6.45) is 3.65. The summed E-state index contributed by atoms with van der Waals surface area (Å²) in [6, 6.07) is 116. The van der Waals surface area contributed by atoms with Crippen LogP contribution in [0.25, 0.3) is 187 Å². The first-order chi connectivity index (χ1) is 56.8. The van der Waals surface area contributed by atoms with E-state index in [4.69, 9.17) is 60.8 Å². The SMILES string of the molecule is CC1(C)OB(c2cccc(-c3cccc(-c4nc(-c5ccccc5)nc(-c5ccc(-c6ccccc6)cc5)n4)c3)c2)OC1(C)C.Clc1nc2cccnc2c2c1sc1ccccc12.c1ccc(-c2ccc(-c3nc(-c4ccccc4)nc(-c4cccc(-c5cccc(-c6nc7cccnc7c7c6sc6ccccc67)c5)c4)n3)cc2)cc1. The van der Waals surface area contributed by atoms with Crippen LogP contribution in [0.1, 0.15) is 27.7 Å². The molecule has 21 rings (SSSR count). The predicted octanol–water partition coefficient (Wildman–Crippen LogP) is 25.3. The van der Waals surface area contributed by atoms with Gasteiger partial charge in [0.2, 0.25) is 0 Å². The largest absolute Gasteiger partial charge is 0.494 e. The highest BCUT2D eigenvalue weighted by Gasteiger charge is 2.51. The molecule has 0 spiro atoms. The van der Waals surface area contributed by atoms with Gasteiger partial charge in [-0.3, -0.25) is 9.97 Å². The molecular formula is C100H70BClN10O2S2. The second-order valence-electron chi connectivity index (χ2n) is 29.4. The smallest absolute Gasteiger partial charge is 0.399 e. The number of rotatable bonds is 12. The van der Waals surface area contributed by atoms with Crippen molar-refractivity contribution in [3.05, 3.63) is 357 Å². The Bertz CT molecular complexity index is 7040. The average molecular weight is 1550 g/mol. The molecule has 0 N–H and O–H groups in total. The van der Waals surface area contributed by atoms with Crippen molar-refractivity contribution >= 4 is 109 Å². The third-order valence-corrected chi connectivity index (χ3v) is 24.1. The van der Waals surface area contributed by atoms with E-state index in [2.05, 4.69) is 262 Å². The molecule has 0 atom stereocenters. The molecule has 12 nitrogen and oxygen atoms in total. The quantitative estimate of drug-likeness (QED) is 0.0847. The first kappa shape index (κ1) is 72.7. The minimum Gasteiger partial charge on any atom is -0.399 e. The summed E-state index contributed by atoms with van der Waals surface area (Å²) >= 11 is 9.72. The Labute approximate surface area is 683 Å². The van der Waals surface area contributed by atoms with Crippen LogP contribution < -0.4 is 5.46 Å². The molecule has 0 bridgehead atoms. The minimum atomic E-state index is -0.425. The molecule has 12 aromatic carbocycles. The maximum Gasteiger partial charge on any atom is 0.494 e. The fraction of sp³-hybridized carbons (Fsp3) is 0.0600. The lowest BCUT2D eigenvalue weighted by atomic mass is 9.78. The number of aromatic nitrogens is 10. The summed E-state index contributed by atoms with van der Waals surface area (Å²) in [5, 5.41) is 5.25. The zero-order valence-electron chi connectivity index (χ0n) is 63.5. The third-order valence-electron chi connectivity index (χ3n) is 21.4. The minimum absolute atomic E-state index is 0.400. The molecule has 1 fully saturated rings. The van der Waals surface area contributed by atoms with Gasteiger partial charge in [-0.1, -0.05) is 297 Å². The molecular weight excluding hydrogens is 1480 g/mol. The lowest BCUT2D eigenvalue weighted by Crippen LogP contribution is -2.41. The molecule has 1 aliphatic heterocycles. The highest BCUT2D eigenvalue weighted by atomic mass is 35.5. The van der Waals surface area contributed by atoms with E-state index in [1.165, 1.54) is 31.3 Å². The molecule has 0 aliphatic carbocycles. The number of nitrogens with zero attached hydrogens (tertiary/aromatic N) is 10. The van der Waals surface area contributed by atoms with E-state index >= 15 is 0 Å². The molecule has 1 saturated heterocycles. The van der Waals surface area contributed by atoms with Crippen molar-refractivity contribution in [2.75, 3.05) is 0 Å². The summed E-state index contributed by atoms with van der Waals surface area (Å²) in [5.74, 6) is 3.77. The molecule has 554 valence electrons. The standard InChI is InChI=1S/C47H29N5S.C39H34BN3O2.C14H7ClN2S/c1-3-12-30(13-4-1)31-23-25-33(26-24-31)46-50-45(32-14-5-2-6-15-32)51-47(52-46)37-19-10-17-35(29-37)34-16-9-18-36(28-34)42-44-41(38-20-7-8-22-40(38)53-44)43-39(49-42)21-11-27-48-43;1-38(2)39(3,4)45-40(44-38)34-20-12-18-32(26-34)31-17-11-19-33(25-31)37-42-35(29-15-9-6-10-16-29)41-36(43-37)30-23-21-28(22-24-30)27-13-7-5-8-14-27;15-14-13-11(8-4-1-2-6-10(8)18-13)12-9(17-14)5-3-7-16-12/h1-29H;5-26H,1-4H3;1-7H. The van der Waals surface area contributed by atoms with Crippen molar-refractivity contribution in [3.63, 3.8) is 0 Å². The Morgan fingerprint density at radius 2 is 0.595 bits per heavy atom. The number of hydrogen-bond donors (Lipinski definition) is 0. The third kappa shape index (κ3) is 14.5. The molecule has 16 heteroatoms. The Balaban J connectivity index is 0.000000128. The van der Waals surface area contributed by atoms with Gasteiger partial charge in [0.25, 0.3) is 0 Å². The van der Waals surface area contributed by atoms with E-state index in [1.54, 1.807) is 28.9 Å². The first-order valence-electron chi connectivity index (χ1n) is 38.4. The molecule has 8 aromatic heterocycles. The van der Waals surface area contributed by atoms with Gasteiger partial charge >= 0.3 is 7.12 Å². The Morgan fingerprint density at radius 3 is 1.05 bits per heavy atom. The van der Waals surface area contributed by atoms with Crippen LogP contribution in [0.5, 0.6) is 0 Å². The van der Waals surface area contributed by atoms with Gasteiger partial charge in [0.05, 0.1) is 48.4 Å². The highest BCUT2D eigenvalue weighted by molar-refractivity contribution is 7.27. The topological polar surface area (TPSA) is 147 Å². The monoisotopic (exact) mass is 1550 g/mol. The van der Waals surface area contributed by atoms with E-state index in [0.717, 1.165) is 126 Å². The van der Waals surface area contributed by atoms with Crippen molar-refractivity contribution in [1.29, 1.82) is 0 Å². The average Bonchev–Trinajstić information content (AvgIpc) is 1.59. The molecule has 0 saturated carbocycles. The van der Waals surface area contributed by atoms with Crippen LogP contribution >= 0.6 is 34.3 Å². The first-order valence-corrected chi connectivity index (χ1v) is 40.4. The van der Waals surface area contributed by atoms with Crippen LogP contribution in [-0.2, 0) is 9.31 Å². The van der Waals surface area contributed by atoms with E-state index < -0.39 is 18.3 Å². The van der Waals surface area contributed by atoms with Crippen molar-refractivity contribution in [2.24, 2.45) is 0 Å². The lowest BCUT2D eigenvalue weighted by Gasteiger charge is -2.32. The molecule has 0 unspecified atom stereocenters. The van der Waals surface area contributed by atoms with Gasteiger partial charge in [-0.15, -0.1) is 22.7 Å². The van der Waals surface area contributed by atoms with Gasteiger partial charge in [0.15, 0.2) is 34.9 Å². The van der Waals surface area contributed by atoms with Gasteiger partial charge < -0.3 is 9.31 Å².